The molecule has 0 fully saturated rings. The molecule has 3 heterocycles. The summed E-state index contributed by atoms with van der Waals surface area (Å²) in [6, 6.07) is 3.01. The molecule has 2 aliphatic rings. The molecule has 1 aromatic carbocycles. The van der Waals surface area contributed by atoms with E-state index in [0.29, 0.717) is 36.1 Å². The molecule has 0 saturated heterocycles. The highest BCUT2D eigenvalue weighted by Crippen LogP contribution is 2.39. The smallest absolute Gasteiger partial charge is 0.387 e. The lowest BCUT2D eigenvalue weighted by molar-refractivity contribution is -0.0505. The molecule has 29 heavy (non-hydrogen) atoms. The van der Waals surface area contributed by atoms with Gasteiger partial charge in [-0.3, -0.25) is 0 Å². The summed E-state index contributed by atoms with van der Waals surface area (Å²) in [5.74, 6) is 3.24. The van der Waals surface area contributed by atoms with E-state index in [2.05, 4.69) is 35.1 Å². The highest BCUT2D eigenvalue weighted by molar-refractivity contribution is 5.79. The van der Waals surface area contributed by atoms with E-state index in [1.54, 1.807) is 6.07 Å². The molecule has 11 heteroatoms. The zero-order valence-corrected chi connectivity index (χ0v) is 16.0. The first-order chi connectivity index (χ1) is 14.1. The van der Waals surface area contributed by atoms with Crippen LogP contribution in [0.1, 0.15) is 30.6 Å². The molecule has 0 radical (unpaired) electrons. The lowest BCUT2D eigenvalue weighted by Gasteiger charge is -2.13. The third-order valence-corrected chi connectivity index (χ3v) is 4.62. The van der Waals surface area contributed by atoms with Crippen LogP contribution in [0.3, 0.4) is 0 Å². The van der Waals surface area contributed by atoms with Gasteiger partial charge in [-0.25, -0.2) is 4.99 Å². The number of rotatable bonds is 7. The summed E-state index contributed by atoms with van der Waals surface area (Å²) in [7, 11) is 0. The van der Waals surface area contributed by atoms with Gasteiger partial charge in [-0.15, -0.1) is 10.2 Å². The first-order valence-electron chi connectivity index (χ1n) is 9.44. The molecular formula is C18H22F2N6O3. The second kappa shape index (κ2) is 8.50. The van der Waals surface area contributed by atoms with Crippen LogP contribution in [-0.2, 0) is 26.1 Å². The van der Waals surface area contributed by atoms with Gasteiger partial charge in [-0.1, -0.05) is 0 Å². The third-order valence-electron chi connectivity index (χ3n) is 4.62. The molecule has 1 aromatic heterocycles. The van der Waals surface area contributed by atoms with Gasteiger partial charge in [0.25, 0.3) is 0 Å². The van der Waals surface area contributed by atoms with Crippen molar-refractivity contribution in [3.63, 3.8) is 0 Å². The van der Waals surface area contributed by atoms with E-state index in [1.807, 2.05) is 6.92 Å². The van der Waals surface area contributed by atoms with Crippen LogP contribution < -0.4 is 24.8 Å². The number of hydrogen-bond donors (Lipinski definition) is 2. The molecule has 2 aromatic rings. The van der Waals surface area contributed by atoms with Gasteiger partial charge in [0, 0.05) is 31.1 Å². The minimum absolute atomic E-state index is 0.0131. The van der Waals surface area contributed by atoms with Gasteiger partial charge < -0.3 is 29.4 Å². The molecule has 2 aliphatic heterocycles. The van der Waals surface area contributed by atoms with Crippen molar-refractivity contribution < 1.29 is 23.0 Å². The van der Waals surface area contributed by atoms with Crippen molar-refractivity contribution in [3.05, 3.63) is 29.3 Å². The van der Waals surface area contributed by atoms with Crippen LogP contribution in [0.4, 0.5) is 8.78 Å². The van der Waals surface area contributed by atoms with E-state index in [9.17, 15) is 8.78 Å². The van der Waals surface area contributed by atoms with Crippen molar-refractivity contribution in [2.75, 3.05) is 13.3 Å². The highest BCUT2D eigenvalue weighted by Gasteiger charge is 2.20. The maximum atomic E-state index is 12.8. The molecule has 0 unspecified atom stereocenters. The molecule has 156 valence electrons. The Morgan fingerprint density at radius 3 is 2.90 bits per heavy atom. The first kappa shape index (κ1) is 19.2. The van der Waals surface area contributed by atoms with E-state index >= 15 is 0 Å². The lowest BCUT2D eigenvalue weighted by atomic mass is 10.1. The van der Waals surface area contributed by atoms with Crippen molar-refractivity contribution in [2.24, 2.45) is 4.99 Å². The summed E-state index contributed by atoms with van der Waals surface area (Å²) >= 11 is 0. The van der Waals surface area contributed by atoms with E-state index < -0.39 is 6.61 Å². The zero-order chi connectivity index (χ0) is 20.2. The van der Waals surface area contributed by atoms with Crippen LogP contribution >= 0.6 is 0 Å². The molecule has 0 saturated carbocycles. The molecular weight excluding hydrogens is 386 g/mol. The number of benzene rings is 1. The summed E-state index contributed by atoms with van der Waals surface area (Å²) in [4.78, 5) is 4.49. The quantitative estimate of drug-likeness (QED) is 0.533. The molecule has 4 rings (SSSR count). The highest BCUT2D eigenvalue weighted by atomic mass is 19.3. The average Bonchev–Trinajstić information content (AvgIpc) is 3.40. The van der Waals surface area contributed by atoms with E-state index in [0.717, 1.165) is 31.0 Å². The number of guanidine groups is 1. The van der Waals surface area contributed by atoms with Crippen molar-refractivity contribution in [1.82, 2.24) is 25.4 Å². The summed E-state index contributed by atoms with van der Waals surface area (Å²) < 4.78 is 42.9. The third kappa shape index (κ3) is 4.33. The Kier molecular flexibility index (Phi) is 5.63. The summed E-state index contributed by atoms with van der Waals surface area (Å²) in [6.45, 7) is 1.18. The number of aromatic nitrogens is 3. The SMILES string of the molecule is CCNC(=NCc1cc2c(cc1OC(F)F)OCO2)NCc1nnc2n1CCC2. The van der Waals surface area contributed by atoms with Crippen LogP contribution in [0.25, 0.3) is 0 Å². The maximum absolute atomic E-state index is 12.8. The zero-order valence-electron chi connectivity index (χ0n) is 16.0. The first-order valence-corrected chi connectivity index (χ1v) is 9.44. The Balaban J connectivity index is 1.48. The van der Waals surface area contributed by atoms with Crippen LogP contribution in [0.5, 0.6) is 17.2 Å². The van der Waals surface area contributed by atoms with Gasteiger partial charge in [-0.2, -0.15) is 8.78 Å². The Morgan fingerprint density at radius 2 is 2.10 bits per heavy atom. The number of nitrogens with one attached hydrogen (secondary N) is 2. The van der Waals surface area contributed by atoms with Crippen LogP contribution in [0.2, 0.25) is 0 Å². The number of halogens is 2. The molecule has 0 bridgehead atoms. The Morgan fingerprint density at radius 1 is 1.28 bits per heavy atom. The van der Waals surface area contributed by atoms with Crippen LogP contribution in [-0.4, -0.2) is 40.7 Å². The van der Waals surface area contributed by atoms with Gasteiger partial charge in [-0.05, 0) is 19.4 Å². The molecule has 2 N–H and O–H groups in total. The number of ether oxygens (including phenoxy) is 3. The summed E-state index contributed by atoms with van der Waals surface area (Å²) in [5, 5.41) is 14.7. The number of hydrogen-bond acceptors (Lipinski definition) is 6. The predicted molar refractivity (Wildman–Crippen MR) is 99.2 cm³/mol. The van der Waals surface area contributed by atoms with E-state index in [1.165, 1.54) is 6.07 Å². The number of nitrogens with zero attached hydrogens (tertiary/aromatic N) is 4. The van der Waals surface area contributed by atoms with Gasteiger partial charge >= 0.3 is 6.61 Å². The fourth-order valence-electron chi connectivity index (χ4n) is 3.30. The molecule has 0 amide bonds. The predicted octanol–water partition coefficient (Wildman–Crippen LogP) is 1.81. The monoisotopic (exact) mass is 408 g/mol. The minimum atomic E-state index is -2.94. The second-order valence-corrected chi connectivity index (χ2v) is 6.53. The van der Waals surface area contributed by atoms with Crippen molar-refractivity contribution >= 4 is 5.96 Å². The molecule has 0 atom stereocenters. The maximum Gasteiger partial charge on any atom is 0.387 e. The van der Waals surface area contributed by atoms with Crippen LogP contribution in [0.15, 0.2) is 17.1 Å². The van der Waals surface area contributed by atoms with Gasteiger partial charge in [0.1, 0.15) is 11.6 Å². The number of aliphatic imine (C=N–C) groups is 1. The minimum Gasteiger partial charge on any atom is -0.454 e. The Labute approximate surface area is 166 Å². The Hall–Kier alpha value is -3.11. The largest absolute Gasteiger partial charge is 0.454 e. The fourth-order valence-corrected chi connectivity index (χ4v) is 3.30. The van der Waals surface area contributed by atoms with Gasteiger partial charge in [0.05, 0.1) is 13.1 Å². The fraction of sp³-hybridized carbons (Fsp3) is 0.500. The van der Waals surface area contributed by atoms with Crippen molar-refractivity contribution in [1.29, 1.82) is 0 Å². The summed E-state index contributed by atoms with van der Waals surface area (Å²) in [5.41, 5.74) is 0.468. The molecule has 9 nitrogen and oxygen atoms in total. The molecule has 0 aliphatic carbocycles. The van der Waals surface area contributed by atoms with Gasteiger partial charge in [0.15, 0.2) is 23.3 Å². The normalized spacial score (nSPS) is 15.0. The van der Waals surface area contributed by atoms with E-state index in [-0.39, 0.29) is 19.1 Å². The summed E-state index contributed by atoms with van der Waals surface area (Å²) in [6.07, 6.45) is 2.02. The van der Waals surface area contributed by atoms with Crippen molar-refractivity contribution in [3.8, 4) is 17.2 Å². The van der Waals surface area contributed by atoms with E-state index in [4.69, 9.17) is 9.47 Å². The van der Waals surface area contributed by atoms with Gasteiger partial charge in [0.2, 0.25) is 6.79 Å². The van der Waals surface area contributed by atoms with Crippen LogP contribution in [0, 0.1) is 0 Å². The lowest BCUT2D eigenvalue weighted by Crippen LogP contribution is -2.37. The number of fused-ring (bicyclic) bond motifs is 2. The number of aryl methyl sites for hydroxylation is 1. The standard InChI is InChI=1S/C18H22F2N6O3/c1-2-21-18(23-9-16-25-24-15-4-3-5-26(15)16)22-8-11-6-13-14(28-10-27-13)7-12(11)29-17(19)20/h6-7,17H,2-5,8-10H2,1H3,(H2,21,22,23). The second-order valence-electron chi connectivity index (χ2n) is 6.53. The Bertz CT molecular complexity index is 902. The van der Waals surface area contributed by atoms with Crippen molar-refractivity contribution in [2.45, 2.75) is 46.0 Å². The number of alkyl halides is 2. The topological polar surface area (TPSA) is 94.8 Å². The molecule has 0 spiro atoms. The average molecular weight is 408 g/mol.